The number of aliphatic hydroxyl groups excluding tert-OH is 1. The van der Waals surface area contributed by atoms with Gasteiger partial charge in [0.05, 0.1) is 18.3 Å². The topological polar surface area (TPSA) is 52.6 Å². The van der Waals surface area contributed by atoms with Crippen molar-refractivity contribution in [3.05, 3.63) is 29.0 Å². The summed E-state index contributed by atoms with van der Waals surface area (Å²) in [5.74, 6) is -0.535. The van der Waals surface area contributed by atoms with Crippen LogP contribution in [0.25, 0.3) is 0 Å². The van der Waals surface area contributed by atoms with E-state index in [2.05, 4.69) is 5.32 Å². The van der Waals surface area contributed by atoms with Crippen molar-refractivity contribution in [1.29, 1.82) is 0 Å². The van der Waals surface area contributed by atoms with Crippen LogP contribution >= 0.6 is 11.6 Å². The monoisotopic (exact) mass is 272 g/mol. The molecule has 98 valence electrons. The lowest BCUT2D eigenvalue weighted by Gasteiger charge is -2.23. The Labute approximate surface area is 109 Å². The Kier molecular flexibility index (Phi) is 4.04. The van der Waals surface area contributed by atoms with E-state index in [0.29, 0.717) is 11.6 Å². The number of nitrogens with zero attached hydrogens (tertiary/aromatic N) is 1. The number of carbonyl (C=O) groups is 1. The molecule has 1 fully saturated rings. The molecular weight excluding hydrogens is 259 g/mol. The van der Waals surface area contributed by atoms with E-state index in [0.717, 1.165) is 12.8 Å². The highest BCUT2D eigenvalue weighted by Gasteiger charge is 2.28. The molecule has 2 rings (SSSR count). The van der Waals surface area contributed by atoms with Crippen LogP contribution in [-0.4, -0.2) is 35.2 Å². The van der Waals surface area contributed by atoms with E-state index in [9.17, 15) is 9.18 Å². The summed E-state index contributed by atoms with van der Waals surface area (Å²) in [5.41, 5.74) is 0.0519. The maximum Gasteiger partial charge on any atom is 0.322 e. The van der Waals surface area contributed by atoms with Crippen LogP contribution in [0.15, 0.2) is 18.2 Å². The second-order valence-electron chi connectivity index (χ2n) is 4.23. The summed E-state index contributed by atoms with van der Waals surface area (Å²) in [5, 5.41) is 12.0. The van der Waals surface area contributed by atoms with Crippen LogP contribution < -0.4 is 5.32 Å². The van der Waals surface area contributed by atoms with Gasteiger partial charge in [-0.15, -0.1) is 0 Å². The van der Waals surface area contributed by atoms with Crippen molar-refractivity contribution >= 4 is 23.3 Å². The van der Waals surface area contributed by atoms with Gasteiger partial charge in [0.15, 0.2) is 0 Å². The first kappa shape index (κ1) is 13.1. The van der Waals surface area contributed by atoms with Crippen molar-refractivity contribution in [3.63, 3.8) is 0 Å². The lowest BCUT2D eigenvalue weighted by Crippen LogP contribution is -2.40. The normalized spacial score (nSPS) is 19.1. The van der Waals surface area contributed by atoms with Gasteiger partial charge in [0.1, 0.15) is 5.82 Å². The lowest BCUT2D eigenvalue weighted by molar-refractivity contribution is 0.166. The summed E-state index contributed by atoms with van der Waals surface area (Å²) in [6, 6.07) is 3.38. The quantitative estimate of drug-likeness (QED) is 0.869. The molecule has 0 spiro atoms. The molecule has 6 heteroatoms. The number of nitrogens with one attached hydrogen (secondary N) is 1. The number of amides is 2. The van der Waals surface area contributed by atoms with E-state index in [1.165, 1.54) is 23.1 Å². The van der Waals surface area contributed by atoms with Crippen molar-refractivity contribution in [3.8, 4) is 0 Å². The molecular formula is C12H14ClFN2O2. The summed E-state index contributed by atoms with van der Waals surface area (Å²) in [6.07, 6.45) is 1.61. The maximum atomic E-state index is 13.5. The fraction of sp³-hybridized carbons (Fsp3) is 0.417. The molecule has 1 aromatic rings. The number of anilines is 1. The molecule has 0 radical (unpaired) electrons. The Morgan fingerprint density at radius 2 is 2.39 bits per heavy atom. The molecule has 0 bridgehead atoms. The molecule has 0 aromatic heterocycles. The fourth-order valence-electron chi connectivity index (χ4n) is 2.07. The molecule has 0 saturated carbocycles. The molecule has 2 N–H and O–H groups in total. The van der Waals surface area contributed by atoms with Crippen LogP contribution in [0.3, 0.4) is 0 Å². The first-order valence-electron chi connectivity index (χ1n) is 5.75. The van der Waals surface area contributed by atoms with Crippen LogP contribution in [0.4, 0.5) is 14.9 Å². The van der Waals surface area contributed by atoms with Crippen molar-refractivity contribution in [2.75, 3.05) is 18.5 Å². The van der Waals surface area contributed by atoms with E-state index in [-0.39, 0.29) is 18.3 Å². The highest BCUT2D eigenvalue weighted by Crippen LogP contribution is 2.22. The van der Waals surface area contributed by atoms with Crippen molar-refractivity contribution in [2.24, 2.45) is 0 Å². The first-order chi connectivity index (χ1) is 8.61. The number of rotatable bonds is 2. The van der Waals surface area contributed by atoms with Gasteiger partial charge < -0.3 is 15.3 Å². The van der Waals surface area contributed by atoms with Crippen LogP contribution in [0, 0.1) is 5.82 Å². The van der Waals surface area contributed by atoms with E-state index in [1.807, 2.05) is 0 Å². The second kappa shape index (κ2) is 5.54. The van der Waals surface area contributed by atoms with Gasteiger partial charge in [0, 0.05) is 11.6 Å². The third-order valence-electron chi connectivity index (χ3n) is 3.02. The Hall–Kier alpha value is -1.33. The average Bonchev–Trinajstić information content (AvgIpc) is 2.82. The van der Waals surface area contributed by atoms with Crippen LogP contribution in [0.1, 0.15) is 12.8 Å². The van der Waals surface area contributed by atoms with E-state index < -0.39 is 11.8 Å². The zero-order chi connectivity index (χ0) is 13.1. The van der Waals surface area contributed by atoms with Crippen LogP contribution in [-0.2, 0) is 0 Å². The predicted octanol–water partition coefficient (Wildman–Crippen LogP) is 2.47. The minimum Gasteiger partial charge on any atom is -0.394 e. The van der Waals surface area contributed by atoms with Gasteiger partial charge in [-0.25, -0.2) is 9.18 Å². The minimum atomic E-state index is -0.535. The Bertz CT molecular complexity index is 456. The van der Waals surface area contributed by atoms with Gasteiger partial charge in [0.25, 0.3) is 0 Å². The molecule has 1 aromatic carbocycles. The SMILES string of the molecule is O=C(Nc1cc(Cl)ccc1F)N1CCC[C@H]1CO. The molecule has 1 atom stereocenters. The molecule has 0 aliphatic carbocycles. The third kappa shape index (κ3) is 2.73. The van der Waals surface area contributed by atoms with E-state index >= 15 is 0 Å². The van der Waals surface area contributed by atoms with Gasteiger partial charge in [0.2, 0.25) is 0 Å². The van der Waals surface area contributed by atoms with E-state index in [4.69, 9.17) is 16.7 Å². The number of likely N-dealkylation sites (tertiary alicyclic amines) is 1. The van der Waals surface area contributed by atoms with E-state index in [1.54, 1.807) is 0 Å². The number of hydrogen-bond donors (Lipinski definition) is 2. The number of urea groups is 1. The zero-order valence-electron chi connectivity index (χ0n) is 9.70. The summed E-state index contributed by atoms with van der Waals surface area (Å²) in [7, 11) is 0. The molecule has 0 unspecified atom stereocenters. The highest BCUT2D eigenvalue weighted by molar-refractivity contribution is 6.30. The highest BCUT2D eigenvalue weighted by atomic mass is 35.5. The molecule has 18 heavy (non-hydrogen) atoms. The van der Waals surface area contributed by atoms with Gasteiger partial charge in [-0.2, -0.15) is 0 Å². The predicted molar refractivity (Wildman–Crippen MR) is 67.2 cm³/mol. The molecule has 1 saturated heterocycles. The number of benzene rings is 1. The third-order valence-corrected chi connectivity index (χ3v) is 3.25. The Morgan fingerprint density at radius 1 is 1.61 bits per heavy atom. The summed E-state index contributed by atoms with van der Waals surface area (Å²) >= 11 is 5.74. The molecule has 4 nitrogen and oxygen atoms in total. The van der Waals surface area contributed by atoms with Gasteiger partial charge in [-0.05, 0) is 31.0 Å². The second-order valence-corrected chi connectivity index (χ2v) is 4.66. The Balaban J connectivity index is 2.09. The molecule has 2 amide bonds. The van der Waals surface area contributed by atoms with Crippen molar-refractivity contribution in [1.82, 2.24) is 4.90 Å². The Morgan fingerprint density at radius 3 is 3.11 bits per heavy atom. The summed E-state index contributed by atoms with van der Waals surface area (Å²) in [4.78, 5) is 13.5. The van der Waals surface area contributed by atoms with Crippen molar-refractivity contribution in [2.45, 2.75) is 18.9 Å². The van der Waals surface area contributed by atoms with Gasteiger partial charge in [-0.1, -0.05) is 11.6 Å². The number of carbonyl (C=O) groups excluding carboxylic acids is 1. The number of aliphatic hydroxyl groups is 1. The van der Waals surface area contributed by atoms with Crippen LogP contribution in [0.2, 0.25) is 5.02 Å². The smallest absolute Gasteiger partial charge is 0.322 e. The maximum absolute atomic E-state index is 13.5. The lowest BCUT2D eigenvalue weighted by atomic mass is 10.2. The van der Waals surface area contributed by atoms with Gasteiger partial charge in [-0.3, -0.25) is 0 Å². The first-order valence-corrected chi connectivity index (χ1v) is 6.13. The standard InChI is InChI=1S/C12H14ClFN2O2/c13-8-3-4-10(14)11(6-8)15-12(18)16-5-1-2-9(16)7-17/h3-4,6,9,17H,1-2,5,7H2,(H,15,18)/t9-/m0/s1. The fourth-order valence-corrected chi connectivity index (χ4v) is 2.25. The minimum absolute atomic E-state index is 0.0519. The number of halogens is 2. The van der Waals surface area contributed by atoms with Crippen LogP contribution in [0.5, 0.6) is 0 Å². The molecule has 1 heterocycles. The number of hydrogen-bond acceptors (Lipinski definition) is 2. The van der Waals surface area contributed by atoms with Crippen molar-refractivity contribution < 1.29 is 14.3 Å². The summed E-state index contributed by atoms with van der Waals surface area (Å²) in [6.45, 7) is 0.491. The average molecular weight is 273 g/mol. The molecule has 1 aliphatic heterocycles. The molecule has 1 aliphatic rings. The summed E-state index contributed by atoms with van der Waals surface area (Å²) < 4.78 is 13.5. The zero-order valence-corrected chi connectivity index (χ0v) is 10.5. The largest absolute Gasteiger partial charge is 0.394 e. The van der Waals surface area contributed by atoms with Gasteiger partial charge >= 0.3 is 6.03 Å².